The van der Waals surface area contributed by atoms with Crippen molar-refractivity contribution >= 4 is 40.6 Å². The van der Waals surface area contributed by atoms with Crippen LogP contribution in [0.25, 0.3) is 11.2 Å². The summed E-state index contributed by atoms with van der Waals surface area (Å²) in [7, 11) is 0. The molecule has 3 rings (SSSR count). The number of nitrogens with one attached hydrogen (secondary N) is 4. The molecule has 234 valence electrons. The molecule has 2 amide bonds. The maximum atomic E-state index is 12.9. The Balaban J connectivity index is 1.45. The van der Waals surface area contributed by atoms with E-state index >= 15 is 0 Å². The van der Waals surface area contributed by atoms with Crippen LogP contribution in [-0.2, 0) is 30.3 Å². The number of nitrogen functional groups attached to an aromatic ring is 1. The molecule has 0 aliphatic carbocycles. The van der Waals surface area contributed by atoms with Gasteiger partial charge in [0.1, 0.15) is 12.6 Å². The molecule has 2 heterocycles. The summed E-state index contributed by atoms with van der Waals surface area (Å²) in [4.78, 5) is 63.4. The summed E-state index contributed by atoms with van der Waals surface area (Å²) < 4.78 is 15.8. The summed E-state index contributed by atoms with van der Waals surface area (Å²) in [6.07, 6.45) is 6.13. The van der Waals surface area contributed by atoms with E-state index in [0.29, 0.717) is 37.8 Å². The SMILES string of the molecule is C#CCOCCOCCOCCNC(=O)C(CCC(=O)O)NC(=O)c1ccc(NCc2cnc3nc(N)[nH]c(=O)c3n2)cc1. The monoisotopic (exact) mass is 610 g/mol. The summed E-state index contributed by atoms with van der Waals surface area (Å²) >= 11 is 0. The van der Waals surface area contributed by atoms with Crippen molar-refractivity contribution in [2.45, 2.75) is 25.4 Å². The van der Waals surface area contributed by atoms with E-state index in [1.165, 1.54) is 6.20 Å². The van der Waals surface area contributed by atoms with Gasteiger partial charge in [0.05, 0.1) is 51.5 Å². The highest BCUT2D eigenvalue weighted by Crippen LogP contribution is 2.12. The zero-order chi connectivity index (χ0) is 31.7. The minimum atomic E-state index is -1.10. The van der Waals surface area contributed by atoms with Crippen LogP contribution in [0.15, 0.2) is 35.3 Å². The number of carboxylic acids is 1. The second kappa shape index (κ2) is 17.8. The van der Waals surface area contributed by atoms with Crippen molar-refractivity contribution in [2.75, 3.05) is 57.2 Å². The molecule has 3 aromatic rings. The Morgan fingerprint density at radius 2 is 1.75 bits per heavy atom. The number of fused-ring (bicyclic) bond motifs is 1. The molecular formula is C28H34N8O8. The molecule has 0 aliphatic rings. The van der Waals surface area contributed by atoms with Gasteiger partial charge in [-0.15, -0.1) is 6.42 Å². The van der Waals surface area contributed by atoms with Gasteiger partial charge in [-0.05, 0) is 30.7 Å². The van der Waals surface area contributed by atoms with Crippen LogP contribution in [0, 0.1) is 12.3 Å². The van der Waals surface area contributed by atoms with Gasteiger partial charge in [0.2, 0.25) is 11.9 Å². The molecule has 0 saturated heterocycles. The summed E-state index contributed by atoms with van der Waals surface area (Å²) in [5, 5.41) is 17.4. The lowest BCUT2D eigenvalue weighted by Crippen LogP contribution is -2.47. The largest absolute Gasteiger partial charge is 0.481 e. The maximum Gasteiger partial charge on any atom is 0.303 e. The molecule has 0 saturated carbocycles. The summed E-state index contributed by atoms with van der Waals surface area (Å²) in [5.74, 6) is 0.125. The molecule has 0 bridgehead atoms. The molecule has 1 unspecified atom stereocenters. The minimum absolute atomic E-state index is 0.0524. The lowest BCUT2D eigenvalue weighted by molar-refractivity contribution is -0.137. The summed E-state index contributed by atoms with van der Waals surface area (Å²) in [6, 6.07) is 5.32. The number of ether oxygens (including phenoxy) is 3. The van der Waals surface area contributed by atoms with E-state index < -0.39 is 29.4 Å². The predicted molar refractivity (Wildman–Crippen MR) is 159 cm³/mol. The van der Waals surface area contributed by atoms with Gasteiger partial charge < -0.3 is 41.0 Å². The predicted octanol–water partition coefficient (Wildman–Crippen LogP) is -0.330. The van der Waals surface area contributed by atoms with Gasteiger partial charge in [-0.1, -0.05) is 5.92 Å². The fourth-order valence-corrected chi connectivity index (χ4v) is 3.71. The van der Waals surface area contributed by atoms with Crippen LogP contribution in [0.3, 0.4) is 0 Å². The molecule has 0 spiro atoms. The topological polar surface area (TPSA) is 233 Å². The lowest BCUT2D eigenvalue weighted by Gasteiger charge is -2.18. The highest BCUT2D eigenvalue weighted by molar-refractivity contribution is 5.97. The average Bonchev–Trinajstić information content (AvgIpc) is 3.00. The van der Waals surface area contributed by atoms with E-state index in [9.17, 15) is 19.2 Å². The van der Waals surface area contributed by atoms with Crippen LogP contribution in [0.5, 0.6) is 0 Å². The van der Waals surface area contributed by atoms with Gasteiger partial charge in [-0.2, -0.15) is 4.98 Å². The van der Waals surface area contributed by atoms with E-state index in [1.807, 2.05) is 0 Å². The molecule has 1 atom stereocenters. The van der Waals surface area contributed by atoms with E-state index in [-0.39, 0.29) is 61.8 Å². The Hall–Kier alpha value is -5.11. The van der Waals surface area contributed by atoms with Gasteiger partial charge in [0, 0.05) is 24.2 Å². The smallest absolute Gasteiger partial charge is 0.303 e. The Morgan fingerprint density at radius 3 is 2.45 bits per heavy atom. The number of amides is 2. The van der Waals surface area contributed by atoms with E-state index in [1.54, 1.807) is 24.3 Å². The van der Waals surface area contributed by atoms with Crippen molar-refractivity contribution in [1.82, 2.24) is 30.6 Å². The number of rotatable bonds is 19. The molecule has 16 nitrogen and oxygen atoms in total. The number of carbonyl (C=O) groups is 3. The fraction of sp³-hybridized carbons (Fsp3) is 0.393. The molecule has 2 aromatic heterocycles. The Labute approximate surface area is 252 Å². The van der Waals surface area contributed by atoms with Crippen LogP contribution in [0.2, 0.25) is 0 Å². The van der Waals surface area contributed by atoms with Crippen molar-refractivity contribution in [3.8, 4) is 12.3 Å². The second-order valence-electron chi connectivity index (χ2n) is 9.15. The van der Waals surface area contributed by atoms with Crippen molar-refractivity contribution in [3.05, 3.63) is 52.1 Å². The van der Waals surface area contributed by atoms with Crippen LogP contribution >= 0.6 is 0 Å². The van der Waals surface area contributed by atoms with Gasteiger partial charge in [-0.3, -0.25) is 24.2 Å². The summed E-state index contributed by atoms with van der Waals surface area (Å²) in [5.41, 5.74) is 6.60. The third-order valence-electron chi connectivity index (χ3n) is 5.85. The minimum Gasteiger partial charge on any atom is -0.481 e. The number of H-pyrrole nitrogens is 1. The molecule has 7 N–H and O–H groups in total. The standard InChI is InChI=1S/C28H34N8O8/c1-2-10-42-12-14-44-15-13-43-11-9-30-26(40)21(7-8-22(37)38)34-25(39)18-3-5-19(6-4-18)31-16-20-17-32-24-23(33-20)27(41)36-28(29)35-24/h1,3-6,17,21,31H,7-16H2,(H,30,40)(H,34,39)(H,37,38)(H3,29,32,35,36,41). The first kappa shape index (κ1) is 33.4. The first-order chi connectivity index (χ1) is 21.3. The normalized spacial score (nSPS) is 11.4. The highest BCUT2D eigenvalue weighted by Gasteiger charge is 2.22. The van der Waals surface area contributed by atoms with E-state index in [4.69, 9.17) is 31.5 Å². The Bertz CT molecular complexity index is 1510. The third kappa shape index (κ3) is 11.3. The Kier molecular flexibility index (Phi) is 13.5. The number of anilines is 2. The molecule has 0 fully saturated rings. The third-order valence-corrected chi connectivity index (χ3v) is 5.85. The molecule has 0 aliphatic heterocycles. The lowest BCUT2D eigenvalue weighted by atomic mass is 10.1. The van der Waals surface area contributed by atoms with Gasteiger partial charge >= 0.3 is 5.97 Å². The van der Waals surface area contributed by atoms with Crippen molar-refractivity contribution in [2.24, 2.45) is 0 Å². The fourth-order valence-electron chi connectivity index (χ4n) is 3.71. The molecular weight excluding hydrogens is 576 g/mol. The first-order valence-electron chi connectivity index (χ1n) is 13.6. The number of carboxylic acid groups (broad SMARTS) is 1. The molecule has 1 aromatic carbocycles. The van der Waals surface area contributed by atoms with Crippen LogP contribution in [0.4, 0.5) is 11.6 Å². The summed E-state index contributed by atoms with van der Waals surface area (Å²) in [6.45, 7) is 2.21. The van der Waals surface area contributed by atoms with E-state index in [2.05, 4.69) is 41.8 Å². The number of hydrogen-bond acceptors (Lipinski definition) is 12. The number of nitrogens with two attached hydrogens (primary N) is 1. The van der Waals surface area contributed by atoms with Crippen LogP contribution in [-0.4, -0.2) is 95.1 Å². The number of nitrogens with zero attached hydrogens (tertiary/aromatic N) is 3. The number of carbonyl (C=O) groups excluding carboxylic acids is 2. The first-order valence-corrected chi connectivity index (χ1v) is 13.6. The number of benzene rings is 1. The van der Waals surface area contributed by atoms with Gasteiger partial charge in [0.25, 0.3) is 11.5 Å². The zero-order valence-electron chi connectivity index (χ0n) is 23.8. The second-order valence-corrected chi connectivity index (χ2v) is 9.15. The Morgan fingerprint density at radius 1 is 1.05 bits per heavy atom. The number of hydrogen-bond donors (Lipinski definition) is 6. The maximum absolute atomic E-state index is 12.9. The average molecular weight is 611 g/mol. The van der Waals surface area contributed by atoms with Gasteiger partial charge in [0.15, 0.2) is 11.2 Å². The molecule has 16 heteroatoms. The quantitative estimate of drug-likeness (QED) is 0.0755. The van der Waals surface area contributed by atoms with Gasteiger partial charge in [-0.25, -0.2) is 9.97 Å². The number of aromatic amines is 1. The number of aliphatic carboxylic acids is 1. The van der Waals surface area contributed by atoms with Crippen molar-refractivity contribution in [1.29, 1.82) is 0 Å². The van der Waals surface area contributed by atoms with Crippen LogP contribution in [0.1, 0.15) is 28.9 Å². The van der Waals surface area contributed by atoms with Crippen molar-refractivity contribution < 1.29 is 33.7 Å². The van der Waals surface area contributed by atoms with Crippen molar-refractivity contribution in [3.63, 3.8) is 0 Å². The highest BCUT2D eigenvalue weighted by atomic mass is 16.5. The zero-order valence-corrected chi connectivity index (χ0v) is 23.8. The van der Waals surface area contributed by atoms with E-state index in [0.717, 1.165) is 0 Å². The molecule has 44 heavy (non-hydrogen) atoms. The number of aromatic nitrogens is 4. The van der Waals surface area contributed by atoms with Crippen LogP contribution < -0.4 is 27.2 Å². The molecule has 0 radical (unpaired) electrons. The number of terminal acetylenes is 1.